The van der Waals surface area contributed by atoms with Crippen LogP contribution in [0, 0.1) is 11.3 Å². The zero-order valence-electron chi connectivity index (χ0n) is 13.8. The summed E-state index contributed by atoms with van der Waals surface area (Å²) in [5, 5.41) is 8.17. The Kier molecular flexibility index (Phi) is 2.35. The van der Waals surface area contributed by atoms with E-state index in [1.807, 2.05) is 0 Å². The fraction of sp³-hybridized carbons (Fsp3) is 1.00. The molecule has 5 aliphatic heterocycles. The Labute approximate surface area is 133 Å². The van der Waals surface area contributed by atoms with E-state index >= 15 is 0 Å². The molecule has 0 aromatic heterocycles. The first-order chi connectivity index (χ1) is 10.7. The predicted molar refractivity (Wildman–Crippen MR) is 85.8 cm³/mol. The molecule has 2 N–H and O–H groups in total. The summed E-state index contributed by atoms with van der Waals surface area (Å²) < 4.78 is 6.57. The monoisotopic (exact) mass is 302 g/mol. The first kappa shape index (κ1) is 13.2. The highest BCUT2D eigenvalue weighted by Crippen LogP contribution is 2.66. The molecule has 0 spiro atoms. The maximum Gasteiger partial charge on any atom is 0.0863 e. The van der Waals surface area contributed by atoms with E-state index in [0.717, 1.165) is 18.6 Å². The summed E-state index contributed by atoms with van der Waals surface area (Å²) in [5.74, 6) is 0.872. The highest BCUT2D eigenvalue weighted by atomic mass is 16.5. The molecule has 122 valence electrons. The normalized spacial score (nSPS) is 62.2. The molecule has 7 aliphatic rings. The van der Waals surface area contributed by atoms with Gasteiger partial charge in [0, 0.05) is 29.1 Å². The van der Waals surface area contributed by atoms with Gasteiger partial charge in [0.15, 0.2) is 0 Å². The quantitative estimate of drug-likeness (QED) is 0.823. The van der Waals surface area contributed by atoms with Crippen molar-refractivity contribution < 1.29 is 4.74 Å². The van der Waals surface area contributed by atoms with Gasteiger partial charge in [-0.2, -0.15) is 0 Å². The van der Waals surface area contributed by atoms with Gasteiger partial charge in [-0.05, 0) is 76.5 Å². The zero-order chi connectivity index (χ0) is 14.5. The van der Waals surface area contributed by atoms with Gasteiger partial charge in [-0.15, -0.1) is 0 Å². The van der Waals surface area contributed by atoms with Gasteiger partial charge in [-0.25, -0.2) is 0 Å². The van der Waals surface area contributed by atoms with Crippen LogP contribution < -0.4 is 10.6 Å². The summed E-state index contributed by atoms with van der Waals surface area (Å²) in [6.45, 7) is 2.29. The molecule has 7 rings (SSSR count). The molecular weight excluding hydrogens is 272 g/mol. The van der Waals surface area contributed by atoms with Gasteiger partial charge in [0.1, 0.15) is 0 Å². The van der Waals surface area contributed by atoms with Gasteiger partial charge in [-0.3, -0.25) is 0 Å². The van der Waals surface area contributed by atoms with Gasteiger partial charge in [0.05, 0.1) is 12.2 Å². The molecule has 3 heteroatoms. The molecule has 0 amide bonds. The molecule has 3 nitrogen and oxygen atoms in total. The first-order valence-corrected chi connectivity index (χ1v) is 9.86. The van der Waals surface area contributed by atoms with Crippen LogP contribution in [-0.2, 0) is 4.74 Å². The minimum Gasteiger partial charge on any atom is -0.373 e. The predicted octanol–water partition coefficient (Wildman–Crippen LogP) is 2.74. The Balaban J connectivity index is 1.36. The summed E-state index contributed by atoms with van der Waals surface area (Å²) >= 11 is 0. The van der Waals surface area contributed by atoms with Crippen molar-refractivity contribution in [2.75, 3.05) is 13.2 Å². The maximum absolute atomic E-state index is 6.57. The fourth-order valence-corrected chi connectivity index (χ4v) is 7.80. The second kappa shape index (κ2) is 3.92. The molecule has 22 heavy (non-hydrogen) atoms. The van der Waals surface area contributed by atoms with Crippen molar-refractivity contribution in [2.45, 2.75) is 93.3 Å². The second-order valence-corrected chi connectivity index (χ2v) is 9.64. The molecule has 0 aromatic rings. The minimum absolute atomic E-state index is 0.188. The molecule has 2 aliphatic carbocycles. The van der Waals surface area contributed by atoms with Crippen molar-refractivity contribution in [1.82, 2.24) is 10.6 Å². The van der Waals surface area contributed by atoms with E-state index in [2.05, 4.69) is 10.6 Å². The summed E-state index contributed by atoms with van der Waals surface area (Å²) in [5.41, 5.74) is 1.51. The smallest absolute Gasteiger partial charge is 0.0863 e. The highest BCUT2D eigenvalue weighted by Gasteiger charge is 2.71. The van der Waals surface area contributed by atoms with Gasteiger partial charge < -0.3 is 15.4 Å². The van der Waals surface area contributed by atoms with E-state index in [9.17, 15) is 0 Å². The summed E-state index contributed by atoms with van der Waals surface area (Å²) in [6.07, 6.45) is 15.4. The van der Waals surface area contributed by atoms with Crippen molar-refractivity contribution in [2.24, 2.45) is 11.3 Å². The van der Waals surface area contributed by atoms with Crippen LogP contribution in [0.25, 0.3) is 0 Å². The largest absolute Gasteiger partial charge is 0.373 e. The third-order valence-electron chi connectivity index (χ3n) is 9.15. The van der Waals surface area contributed by atoms with Crippen molar-refractivity contribution in [3.63, 3.8) is 0 Å². The van der Waals surface area contributed by atoms with E-state index in [-0.39, 0.29) is 5.60 Å². The number of hydrogen-bond acceptors (Lipinski definition) is 3. The Morgan fingerprint density at radius 2 is 1.64 bits per heavy atom. The molecule has 5 heterocycles. The Hall–Kier alpha value is -0.120. The molecule has 6 bridgehead atoms. The number of ether oxygens (including phenoxy) is 1. The van der Waals surface area contributed by atoms with E-state index in [1.54, 1.807) is 0 Å². The molecule has 7 fully saturated rings. The van der Waals surface area contributed by atoms with Gasteiger partial charge >= 0.3 is 0 Å². The third-order valence-corrected chi connectivity index (χ3v) is 9.15. The number of piperidine rings is 1. The van der Waals surface area contributed by atoms with Crippen LogP contribution >= 0.6 is 0 Å². The van der Waals surface area contributed by atoms with Crippen LogP contribution in [-0.4, -0.2) is 35.9 Å². The number of nitrogens with one attached hydrogen (secondary N) is 2. The van der Waals surface area contributed by atoms with E-state index in [1.165, 1.54) is 77.2 Å². The van der Waals surface area contributed by atoms with E-state index in [0.29, 0.717) is 16.5 Å². The number of rotatable bonds is 2. The van der Waals surface area contributed by atoms with Crippen LogP contribution in [0.3, 0.4) is 0 Å². The Morgan fingerprint density at radius 1 is 0.818 bits per heavy atom. The molecule has 5 saturated heterocycles. The molecule has 0 radical (unpaired) electrons. The average Bonchev–Trinajstić information content (AvgIpc) is 3.36. The summed E-state index contributed by atoms with van der Waals surface area (Å²) in [7, 11) is 0. The lowest BCUT2D eigenvalue weighted by molar-refractivity contribution is -0.186. The van der Waals surface area contributed by atoms with Gasteiger partial charge in [-0.1, -0.05) is 0 Å². The summed E-state index contributed by atoms with van der Waals surface area (Å²) in [6, 6.07) is 0.838. The molecule has 2 saturated carbocycles. The van der Waals surface area contributed by atoms with Crippen LogP contribution in [0.15, 0.2) is 0 Å². The van der Waals surface area contributed by atoms with Crippen molar-refractivity contribution in [3.05, 3.63) is 0 Å². The fourth-order valence-electron chi connectivity index (χ4n) is 7.80. The van der Waals surface area contributed by atoms with Crippen molar-refractivity contribution in [3.8, 4) is 0 Å². The van der Waals surface area contributed by atoms with E-state index in [4.69, 9.17) is 4.74 Å². The number of fused-ring (bicyclic) bond motifs is 8. The van der Waals surface area contributed by atoms with Crippen LogP contribution in [0.5, 0.6) is 0 Å². The molecule has 2 unspecified atom stereocenters. The van der Waals surface area contributed by atoms with Crippen LogP contribution in [0.1, 0.15) is 70.6 Å². The lowest BCUT2D eigenvalue weighted by Gasteiger charge is -2.55. The average molecular weight is 302 g/mol. The molecular formula is C19H30N2O. The van der Waals surface area contributed by atoms with Crippen LogP contribution in [0.2, 0.25) is 0 Å². The third kappa shape index (κ3) is 1.33. The topological polar surface area (TPSA) is 33.3 Å². The number of hydrogen-bond donors (Lipinski definition) is 2. The van der Waals surface area contributed by atoms with Crippen molar-refractivity contribution in [1.29, 1.82) is 0 Å². The van der Waals surface area contributed by atoms with Gasteiger partial charge in [0.25, 0.3) is 0 Å². The lowest BCUT2D eigenvalue weighted by Crippen LogP contribution is -2.65. The molecule has 0 aromatic carbocycles. The SMILES string of the molecule is C1CC2(C34CCC(C56CCC(CC5)N6)(CN3)C4)CCC1CO2. The Morgan fingerprint density at radius 3 is 2.18 bits per heavy atom. The lowest BCUT2D eigenvalue weighted by atomic mass is 9.63. The molecule has 2 atom stereocenters. The highest BCUT2D eigenvalue weighted by molar-refractivity contribution is 5.28. The zero-order valence-corrected chi connectivity index (χ0v) is 13.8. The maximum atomic E-state index is 6.57. The summed E-state index contributed by atoms with van der Waals surface area (Å²) in [4.78, 5) is 0. The second-order valence-electron chi connectivity index (χ2n) is 9.64. The van der Waals surface area contributed by atoms with Gasteiger partial charge in [0.2, 0.25) is 0 Å². The first-order valence-electron chi connectivity index (χ1n) is 9.86. The standard InChI is InChI=1S/C19H30N2O/c1-7-19(8-2-14(1)11-22-19)18-10-9-16(12-18,13-20-18)17-5-3-15(21-17)4-6-17/h14-15,20-21H,1-13H2. The van der Waals surface area contributed by atoms with E-state index < -0.39 is 0 Å². The minimum atomic E-state index is 0.188. The Bertz CT molecular complexity index is 478. The van der Waals surface area contributed by atoms with Crippen LogP contribution in [0.4, 0.5) is 0 Å². The van der Waals surface area contributed by atoms with Crippen molar-refractivity contribution >= 4 is 0 Å².